The van der Waals surface area contributed by atoms with E-state index in [4.69, 9.17) is 16.3 Å². The van der Waals surface area contributed by atoms with Gasteiger partial charge in [0.25, 0.3) is 0 Å². The number of methoxy groups -OCH3 is 1. The van der Waals surface area contributed by atoms with E-state index >= 15 is 4.39 Å². The van der Waals surface area contributed by atoms with E-state index in [9.17, 15) is 9.50 Å². The first-order valence-corrected chi connectivity index (χ1v) is 13.4. The first-order chi connectivity index (χ1) is 16.4. The maximum absolute atomic E-state index is 15.2. The number of halogens is 3. The molecule has 2 fully saturated rings. The summed E-state index contributed by atoms with van der Waals surface area (Å²) in [6.07, 6.45) is 7.51. The van der Waals surface area contributed by atoms with E-state index in [0.717, 1.165) is 64.6 Å². The number of alkyl halides is 1. The number of rotatable bonds is 12. The van der Waals surface area contributed by atoms with Crippen LogP contribution in [-0.2, 0) is 10.3 Å². The molecule has 34 heavy (non-hydrogen) atoms. The molecule has 1 saturated carbocycles. The van der Waals surface area contributed by atoms with E-state index < -0.39 is 17.6 Å². The Kier molecular flexibility index (Phi) is 11.0. The number of nitrogens with one attached hydrogen (secondary N) is 1. The van der Waals surface area contributed by atoms with Crippen LogP contribution in [0.3, 0.4) is 0 Å². The van der Waals surface area contributed by atoms with E-state index in [1.165, 1.54) is 6.07 Å². The van der Waals surface area contributed by atoms with Gasteiger partial charge in [0, 0.05) is 44.3 Å². The molecule has 0 amide bonds. The van der Waals surface area contributed by atoms with Crippen LogP contribution in [0.5, 0.6) is 0 Å². The molecule has 0 radical (unpaired) electrons. The van der Waals surface area contributed by atoms with Crippen molar-refractivity contribution in [3.05, 3.63) is 34.6 Å². The van der Waals surface area contributed by atoms with Crippen LogP contribution in [0, 0.1) is 17.7 Å². The fourth-order valence-corrected chi connectivity index (χ4v) is 6.28. The van der Waals surface area contributed by atoms with Crippen molar-refractivity contribution in [2.24, 2.45) is 11.8 Å². The summed E-state index contributed by atoms with van der Waals surface area (Å²) in [5.41, 5.74) is -0.964. The lowest BCUT2D eigenvalue weighted by molar-refractivity contribution is -0.0712. The monoisotopic (exact) mass is 500 g/mol. The molecule has 194 valence electrons. The molecule has 0 aromatic heterocycles. The van der Waals surface area contributed by atoms with Crippen LogP contribution < -0.4 is 5.32 Å². The Morgan fingerprint density at radius 3 is 2.71 bits per heavy atom. The summed E-state index contributed by atoms with van der Waals surface area (Å²) in [6.45, 7) is 3.17. The number of piperidine rings is 1. The predicted molar refractivity (Wildman–Crippen MR) is 135 cm³/mol. The van der Waals surface area contributed by atoms with Crippen molar-refractivity contribution in [2.45, 2.75) is 82.0 Å². The zero-order valence-corrected chi connectivity index (χ0v) is 21.6. The number of likely N-dealkylation sites (tertiary alicyclic amines) is 1. The molecule has 1 aromatic carbocycles. The van der Waals surface area contributed by atoms with Gasteiger partial charge >= 0.3 is 0 Å². The third kappa shape index (κ3) is 7.13. The van der Waals surface area contributed by atoms with Gasteiger partial charge in [-0.1, -0.05) is 23.7 Å². The number of nitrogens with zero attached hydrogens (tertiary/aromatic N) is 1. The Balaban J connectivity index is 1.78. The zero-order chi connectivity index (χ0) is 24.6. The molecule has 3 atom stereocenters. The number of ether oxygens (including phenoxy) is 1. The summed E-state index contributed by atoms with van der Waals surface area (Å²) in [7, 11) is 3.64. The van der Waals surface area contributed by atoms with Gasteiger partial charge in [0.15, 0.2) is 0 Å². The van der Waals surface area contributed by atoms with E-state index in [2.05, 4.69) is 10.2 Å². The van der Waals surface area contributed by atoms with Crippen LogP contribution in [0.25, 0.3) is 0 Å². The highest BCUT2D eigenvalue weighted by Crippen LogP contribution is 2.42. The van der Waals surface area contributed by atoms with Gasteiger partial charge in [0.05, 0.1) is 10.6 Å². The number of aliphatic hydroxyl groups is 1. The van der Waals surface area contributed by atoms with Gasteiger partial charge < -0.3 is 15.2 Å². The zero-order valence-electron chi connectivity index (χ0n) is 20.9. The minimum absolute atomic E-state index is 0.0528. The highest BCUT2D eigenvalue weighted by molar-refractivity contribution is 6.30. The maximum Gasteiger partial charge on any atom is 0.147 e. The predicted octanol–water partition coefficient (Wildman–Crippen LogP) is 5.70. The van der Waals surface area contributed by atoms with Crippen LogP contribution >= 0.6 is 11.6 Å². The Hall–Kier alpha value is -0.790. The van der Waals surface area contributed by atoms with Gasteiger partial charge in [0.1, 0.15) is 12.0 Å². The van der Waals surface area contributed by atoms with Gasteiger partial charge in [-0.2, -0.15) is 0 Å². The molecule has 0 bridgehead atoms. The van der Waals surface area contributed by atoms with E-state index in [0.29, 0.717) is 43.4 Å². The van der Waals surface area contributed by atoms with E-state index in [-0.39, 0.29) is 10.9 Å². The molecule has 0 unspecified atom stereocenters. The fourth-order valence-electron chi connectivity index (χ4n) is 6.11. The quantitative estimate of drug-likeness (QED) is 0.361. The van der Waals surface area contributed by atoms with Crippen molar-refractivity contribution >= 4 is 11.6 Å². The molecule has 1 saturated heterocycles. The van der Waals surface area contributed by atoms with Crippen molar-refractivity contribution in [3.63, 3.8) is 0 Å². The fraction of sp³-hybridized carbons (Fsp3) is 0.778. The van der Waals surface area contributed by atoms with E-state index in [1.54, 1.807) is 19.2 Å². The van der Waals surface area contributed by atoms with Crippen molar-refractivity contribution < 1.29 is 18.6 Å². The molecule has 2 N–H and O–H groups in total. The second-order valence-corrected chi connectivity index (χ2v) is 10.8. The van der Waals surface area contributed by atoms with Crippen LogP contribution in [0.2, 0.25) is 5.02 Å². The molecule has 1 aliphatic heterocycles. The van der Waals surface area contributed by atoms with Crippen molar-refractivity contribution in [3.8, 4) is 0 Å². The molecule has 0 spiro atoms. The largest absolute Gasteiger partial charge is 0.385 e. The summed E-state index contributed by atoms with van der Waals surface area (Å²) >= 11 is 6.13. The summed E-state index contributed by atoms with van der Waals surface area (Å²) in [5.74, 6) is -0.0491. The van der Waals surface area contributed by atoms with Gasteiger partial charge in [0.2, 0.25) is 0 Å². The molecule has 1 heterocycles. The molecule has 3 rings (SSSR count). The average Bonchev–Trinajstić information content (AvgIpc) is 2.84. The Labute approximate surface area is 209 Å². The lowest BCUT2D eigenvalue weighted by Crippen LogP contribution is -2.52. The number of hydrogen-bond acceptors (Lipinski definition) is 4. The standard InChI is InChI=1S/C27H43ClF2N2O2/c1-31-18-23(17-20-10-12-22(29)13-11-20)32-15-6-7-21(19-32)27(33,14-3-4-16-34-2)24-8-5-9-25(28)26(24)30/h5,8-9,20-23,31,33H,3-4,6-7,10-19H2,1-2H3/t20?,21-,22?,23+,27+/m1/s1. The third-order valence-electron chi connectivity index (χ3n) is 8.04. The summed E-state index contributed by atoms with van der Waals surface area (Å²) in [5, 5.41) is 15.5. The molecule has 7 heteroatoms. The number of unbranched alkanes of at least 4 members (excludes halogenated alkanes) is 1. The third-order valence-corrected chi connectivity index (χ3v) is 8.33. The van der Waals surface area contributed by atoms with Gasteiger partial charge in [-0.15, -0.1) is 0 Å². The molecule has 1 aromatic rings. The normalized spacial score (nSPS) is 26.8. The Morgan fingerprint density at radius 2 is 2.00 bits per heavy atom. The van der Waals surface area contributed by atoms with Crippen LogP contribution in [0.1, 0.15) is 69.8 Å². The van der Waals surface area contributed by atoms with Gasteiger partial charge in [-0.25, -0.2) is 8.78 Å². The second kappa shape index (κ2) is 13.5. The van der Waals surface area contributed by atoms with Crippen molar-refractivity contribution in [1.29, 1.82) is 0 Å². The average molecular weight is 501 g/mol. The Morgan fingerprint density at radius 1 is 1.24 bits per heavy atom. The Bertz CT molecular complexity index is 747. The highest BCUT2D eigenvalue weighted by atomic mass is 35.5. The lowest BCUT2D eigenvalue weighted by atomic mass is 9.73. The molecule has 2 aliphatic rings. The first kappa shape index (κ1) is 27.8. The first-order valence-electron chi connectivity index (χ1n) is 13.1. The van der Waals surface area contributed by atoms with Crippen LogP contribution in [0.15, 0.2) is 18.2 Å². The molecular formula is C27H43ClF2N2O2. The number of benzene rings is 1. The minimum Gasteiger partial charge on any atom is -0.385 e. The minimum atomic E-state index is -1.28. The SMILES string of the molecule is CNC[C@H](CC1CCC(F)CC1)N1CCC[C@@H]([C@@](O)(CCCCOC)c2cccc(Cl)c2F)C1. The molecule has 4 nitrogen and oxygen atoms in total. The topological polar surface area (TPSA) is 44.7 Å². The summed E-state index contributed by atoms with van der Waals surface area (Å²) in [4.78, 5) is 2.48. The van der Waals surface area contributed by atoms with Crippen LogP contribution in [0.4, 0.5) is 8.78 Å². The van der Waals surface area contributed by atoms with Crippen molar-refractivity contribution in [2.75, 3.05) is 40.4 Å². The maximum atomic E-state index is 15.2. The smallest absolute Gasteiger partial charge is 0.147 e. The number of likely N-dealkylation sites (N-methyl/N-ethyl adjacent to an activating group) is 1. The summed E-state index contributed by atoms with van der Waals surface area (Å²) in [6, 6.07) is 5.29. The van der Waals surface area contributed by atoms with Crippen LogP contribution in [-0.4, -0.2) is 62.6 Å². The highest BCUT2D eigenvalue weighted by Gasteiger charge is 2.43. The van der Waals surface area contributed by atoms with Gasteiger partial charge in [-0.05, 0) is 89.8 Å². The van der Waals surface area contributed by atoms with Crippen molar-refractivity contribution in [1.82, 2.24) is 10.2 Å². The molecule has 1 aliphatic carbocycles. The van der Waals surface area contributed by atoms with Gasteiger partial charge in [-0.3, -0.25) is 4.90 Å². The van der Waals surface area contributed by atoms with E-state index in [1.807, 2.05) is 7.05 Å². The summed E-state index contributed by atoms with van der Waals surface area (Å²) < 4.78 is 34.0. The second-order valence-electron chi connectivity index (χ2n) is 10.4. The number of hydrogen-bond donors (Lipinski definition) is 2. The lowest BCUT2D eigenvalue weighted by Gasteiger charge is -2.46. The molecular weight excluding hydrogens is 458 g/mol.